The number of carbonyl (C=O) groups is 1. The number of rotatable bonds is 4. The molecule has 1 aromatic carbocycles. The zero-order valence-corrected chi connectivity index (χ0v) is 11.3. The van der Waals surface area contributed by atoms with E-state index in [2.05, 4.69) is 15.6 Å². The molecular formula is C14H18N4O. The number of nitrogens with zero attached hydrogens (tertiary/aromatic N) is 2. The van der Waals surface area contributed by atoms with E-state index in [1.807, 2.05) is 42.9 Å². The van der Waals surface area contributed by atoms with E-state index in [9.17, 15) is 4.79 Å². The molecule has 0 fully saturated rings. The fraction of sp³-hybridized carbons (Fsp3) is 0.286. The number of hydrogen-bond donors (Lipinski definition) is 2. The molecule has 100 valence electrons. The first-order valence-electron chi connectivity index (χ1n) is 6.17. The average molecular weight is 258 g/mol. The topological polar surface area (TPSA) is 59.0 Å². The lowest BCUT2D eigenvalue weighted by atomic mass is 10.1. The second-order valence-corrected chi connectivity index (χ2v) is 4.42. The van der Waals surface area contributed by atoms with Gasteiger partial charge in [0.1, 0.15) is 5.82 Å². The first-order valence-corrected chi connectivity index (χ1v) is 6.17. The van der Waals surface area contributed by atoms with E-state index in [1.165, 1.54) is 0 Å². The van der Waals surface area contributed by atoms with Gasteiger partial charge in [0.2, 0.25) is 0 Å². The Bertz CT molecular complexity index is 576. The molecule has 0 bridgehead atoms. The lowest BCUT2D eigenvalue weighted by Gasteiger charge is -2.15. The summed E-state index contributed by atoms with van der Waals surface area (Å²) in [4.78, 5) is 15.9. The fourth-order valence-corrected chi connectivity index (χ4v) is 2.00. The SMILES string of the molecule is CNC(=O)c1cccc(NC(C)c2nccn2C)c1. The van der Waals surface area contributed by atoms with E-state index in [4.69, 9.17) is 0 Å². The maximum Gasteiger partial charge on any atom is 0.251 e. The highest BCUT2D eigenvalue weighted by molar-refractivity contribution is 5.94. The van der Waals surface area contributed by atoms with E-state index in [0.717, 1.165) is 11.5 Å². The van der Waals surface area contributed by atoms with Gasteiger partial charge in [-0.05, 0) is 25.1 Å². The molecule has 0 aliphatic heterocycles. The van der Waals surface area contributed by atoms with Gasteiger partial charge in [-0.2, -0.15) is 0 Å². The van der Waals surface area contributed by atoms with Crippen LogP contribution in [0.3, 0.4) is 0 Å². The van der Waals surface area contributed by atoms with E-state index in [-0.39, 0.29) is 11.9 Å². The van der Waals surface area contributed by atoms with Crippen molar-refractivity contribution in [2.24, 2.45) is 7.05 Å². The van der Waals surface area contributed by atoms with Gasteiger partial charge in [0.05, 0.1) is 6.04 Å². The minimum absolute atomic E-state index is 0.0694. The molecule has 1 amide bonds. The minimum atomic E-state index is -0.0895. The summed E-state index contributed by atoms with van der Waals surface area (Å²) in [5, 5.41) is 5.96. The number of nitrogens with one attached hydrogen (secondary N) is 2. The van der Waals surface area contributed by atoms with Crippen molar-refractivity contribution in [1.29, 1.82) is 0 Å². The second kappa shape index (κ2) is 5.56. The molecule has 2 rings (SSSR count). The zero-order valence-electron chi connectivity index (χ0n) is 11.3. The first kappa shape index (κ1) is 13.1. The number of aryl methyl sites for hydroxylation is 1. The van der Waals surface area contributed by atoms with Crippen molar-refractivity contribution in [2.45, 2.75) is 13.0 Å². The summed E-state index contributed by atoms with van der Waals surface area (Å²) in [5.74, 6) is 0.860. The van der Waals surface area contributed by atoms with Crippen molar-refractivity contribution < 1.29 is 4.79 Å². The van der Waals surface area contributed by atoms with Crippen molar-refractivity contribution in [2.75, 3.05) is 12.4 Å². The Kier molecular flexibility index (Phi) is 3.85. The summed E-state index contributed by atoms with van der Waals surface area (Å²) in [6.07, 6.45) is 3.68. The van der Waals surface area contributed by atoms with E-state index in [0.29, 0.717) is 5.56 Å². The van der Waals surface area contributed by atoms with Gasteiger partial charge in [0.25, 0.3) is 5.91 Å². The molecule has 0 spiro atoms. The Balaban J connectivity index is 2.15. The van der Waals surface area contributed by atoms with Crippen LogP contribution >= 0.6 is 0 Å². The predicted molar refractivity (Wildman–Crippen MR) is 75.1 cm³/mol. The molecule has 5 nitrogen and oxygen atoms in total. The van der Waals surface area contributed by atoms with Gasteiger partial charge in [-0.1, -0.05) is 6.07 Å². The van der Waals surface area contributed by atoms with Crippen LogP contribution in [0, 0.1) is 0 Å². The normalized spacial score (nSPS) is 11.9. The number of imidazole rings is 1. The summed E-state index contributed by atoms with van der Waals surface area (Å²) in [6, 6.07) is 7.48. The Morgan fingerprint density at radius 2 is 2.21 bits per heavy atom. The Morgan fingerprint density at radius 1 is 1.42 bits per heavy atom. The van der Waals surface area contributed by atoms with Crippen LogP contribution in [0.15, 0.2) is 36.7 Å². The molecular weight excluding hydrogens is 240 g/mol. The number of benzene rings is 1. The number of amides is 1. The van der Waals surface area contributed by atoms with Gasteiger partial charge >= 0.3 is 0 Å². The molecule has 0 radical (unpaired) electrons. The van der Waals surface area contributed by atoms with E-state index in [1.54, 1.807) is 19.3 Å². The molecule has 5 heteroatoms. The van der Waals surface area contributed by atoms with Crippen LogP contribution in [-0.2, 0) is 7.05 Å². The third kappa shape index (κ3) is 2.93. The summed E-state index contributed by atoms with van der Waals surface area (Å²) in [6.45, 7) is 2.04. The van der Waals surface area contributed by atoms with Gasteiger partial charge in [-0.25, -0.2) is 4.98 Å². The molecule has 0 aliphatic carbocycles. The molecule has 0 aliphatic rings. The van der Waals surface area contributed by atoms with Gasteiger partial charge < -0.3 is 15.2 Å². The maximum atomic E-state index is 11.6. The Hall–Kier alpha value is -2.30. The Labute approximate surface area is 112 Å². The predicted octanol–water partition coefficient (Wildman–Crippen LogP) is 1.95. The Morgan fingerprint density at radius 3 is 2.84 bits per heavy atom. The highest BCUT2D eigenvalue weighted by Gasteiger charge is 2.11. The first-order chi connectivity index (χ1) is 9.11. The number of carbonyl (C=O) groups excluding carboxylic acids is 1. The molecule has 1 unspecified atom stereocenters. The molecule has 19 heavy (non-hydrogen) atoms. The van der Waals surface area contributed by atoms with Crippen LogP contribution in [0.5, 0.6) is 0 Å². The van der Waals surface area contributed by atoms with Crippen LogP contribution in [0.4, 0.5) is 5.69 Å². The van der Waals surface area contributed by atoms with Crippen molar-refractivity contribution in [1.82, 2.24) is 14.9 Å². The maximum absolute atomic E-state index is 11.6. The highest BCUT2D eigenvalue weighted by atomic mass is 16.1. The van der Waals surface area contributed by atoms with Crippen LogP contribution < -0.4 is 10.6 Å². The summed E-state index contributed by atoms with van der Waals surface area (Å²) >= 11 is 0. The van der Waals surface area contributed by atoms with Crippen molar-refractivity contribution >= 4 is 11.6 Å². The standard InChI is InChI=1S/C14H18N4O/c1-10(13-16-7-8-18(13)3)17-12-6-4-5-11(9-12)14(19)15-2/h4-10,17H,1-3H3,(H,15,19). The molecule has 0 saturated carbocycles. The largest absolute Gasteiger partial charge is 0.375 e. The molecule has 1 aromatic heterocycles. The summed E-state index contributed by atoms with van der Waals surface area (Å²) in [5.41, 5.74) is 1.54. The van der Waals surface area contributed by atoms with Crippen LogP contribution in [0.2, 0.25) is 0 Å². The van der Waals surface area contributed by atoms with E-state index >= 15 is 0 Å². The molecule has 1 atom stereocenters. The monoisotopic (exact) mass is 258 g/mol. The zero-order chi connectivity index (χ0) is 13.8. The summed E-state index contributed by atoms with van der Waals surface area (Å²) < 4.78 is 1.97. The highest BCUT2D eigenvalue weighted by Crippen LogP contribution is 2.18. The fourth-order valence-electron chi connectivity index (χ4n) is 2.00. The van der Waals surface area contributed by atoms with Crippen LogP contribution in [0.1, 0.15) is 29.1 Å². The van der Waals surface area contributed by atoms with Gasteiger partial charge in [0.15, 0.2) is 0 Å². The van der Waals surface area contributed by atoms with Gasteiger partial charge in [-0.3, -0.25) is 4.79 Å². The minimum Gasteiger partial charge on any atom is -0.375 e. The second-order valence-electron chi connectivity index (χ2n) is 4.42. The number of hydrogen-bond acceptors (Lipinski definition) is 3. The average Bonchev–Trinajstić information content (AvgIpc) is 2.84. The molecule has 1 heterocycles. The van der Waals surface area contributed by atoms with Crippen molar-refractivity contribution in [3.05, 3.63) is 48.0 Å². The third-order valence-electron chi connectivity index (χ3n) is 2.98. The number of aromatic nitrogens is 2. The molecule has 2 aromatic rings. The molecule has 0 saturated heterocycles. The van der Waals surface area contributed by atoms with Crippen LogP contribution in [0.25, 0.3) is 0 Å². The third-order valence-corrected chi connectivity index (χ3v) is 2.98. The lowest BCUT2D eigenvalue weighted by Crippen LogP contribution is -2.18. The van der Waals surface area contributed by atoms with Gasteiger partial charge in [-0.15, -0.1) is 0 Å². The van der Waals surface area contributed by atoms with E-state index < -0.39 is 0 Å². The number of anilines is 1. The van der Waals surface area contributed by atoms with Crippen molar-refractivity contribution in [3.63, 3.8) is 0 Å². The quantitative estimate of drug-likeness (QED) is 0.881. The molecule has 2 N–H and O–H groups in total. The van der Waals surface area contributed by atoms with Crippen molar-refractivity contribution in [3.8, 4) is 0 Å². The lowest BCUT2D eigenvalue weighted by molar-refractivity contribution is 0.0963. The van der Waals surface area contributed by atoms with Gasteiger partial charge in [0, 0.05) is 37.7 Å². The summed E-state index contributed by atoms with van der Waals surface area (Å²) in [7, 11) is 3.58. The van der Waals surface area contributed by atoms with Crippen LogP contribution in [-0.4, -0.2) is 22.5 Å². The smallest absolute Gasteiger partial charge is 0.251 e.